The fourth-order valence-corrected chi connectivity index (χ4v) is 3.49. The third-order valence-corrected chi connectivity index (χ3v) is 4.96. The molecule has 0 amide bonds. The minimum absolute atomic E-state index is 0.581. The van der Waals surface area contributed by atoms with Crippen LogP contribution in [0.3, 0.4) is 0 Å². The molecule has 5 aromatic rings. The molecule has 140 valence electrons. The number of H-pyrrole nitrogens is 1. The first-order chi connectivity index (χ1) is 14.2. The number of rotatable bonds is 3. The normalized spacial score (nSPS) is 11.1. The van der Waals surface area contributed by atoms with Crippen molar-refractivity contribution in [2.45, 2.75) is 13.8 Å². The summed E-state index contributed by atoms with van der Waals surface area (Å²) in [7, 11) is 0. The second-order valence-corrected chi connectivity index (χ2v) is 7.09. The van der Waals surface area contributed by atoms with Gasteiger partial charge in [-0.15, -0.1) is 0 Å². The maximum Gasteiger partial charge on any atom is 0.200 e. The highest BCUT2D eigenvalue weighted by molar-refractivity contribution is 5.97. The van der Waals surface area contributed by atoms with E-state index in [2.05, 4.69) is 69.6 Å². The van der Waals surface area contributed by atoms with Gasteiger partial charge in [0, 0.05) is 22.7 Å². The molecule has 0 aliphatic carbocycles. The highest BCUT2D eigenvalue weighted by Gasteiger charge is 2.16. The molecule has 0 atom stereocenters. The fraction of sp³-hybridized carbons (Fsp3) is 0.0833. The largest absolute Gasteiger partial charge is 0.263 e. The maximum atomic E-state index is 5.04. The molecule has 0 spiro atoms. The average Bonchev–Trinajstić information content (AvgIpc) is 3.19. The molecular weight excluding hydrogens is 358 g/mol. The number of nitrogens with zero attached hydrogens (tertiary/aromatic N) is 4. The lowest BCUT2D eigenvalue weighted by Gasteiger charge is -2.13. The first-order valence-electron chi connectivity index (χ1n) is 9.50. The number of fused-ring (bicyclic) bond motifs is 1. The second kappa shape index (κ2) is 6.95. The summed E-state index contributed by atoms with van der Waals surface area (Å²) in [6.45, 7) is 3.97. The van der Waals surface area contributed by atoms with E-state index in [1.165, 1.54) is 5.56 Å². The number of hydrogen-bond acceptors (Lipinski definition) is 4. The Morgan fingerprint density at radius 3 is 2.28 bits per heavy atom. The van der Waals surface area contributed by atoms with Gasteiger partial charge in [0.2, 0.25) is 0 Å². The van der Waals surface area contributed by atoms with Crippen LogP contribution in [-0.2, 0) is 0 Å². The van der Waals surface area contributed by atoms with Crippen LogP contribution in [0.2, 0.25) is 0 Å². The van der Waals surface area contributed by atoms with E-state index in [4.69, 9.17) is 4.98 Å². The zero-order valence-electron chi connectivity index (χ0n) is 16.2. The van der Waals surface area contributed by atoms with Crippen LogP contribution in [0.25, 0.3) is 44.8 Å². The molecule has 5 rings (SSSR count). The van der Waals surface area contributed by atoms with E-state index in [9.17, 15) is 0 Å². The predicted octanol–water partition coefficient (Wildman–Crippen LogP) is 5.37. The molecule has 0 saturated heterocycles. The van der Waals surface area contributed by atoms with Gasteiger partial charge in [-0.3, -0.25) is 10.1 Å². The Labute approximate surface area is 168 Å². The molecule has 0 radical (unpaired) electrons. The van der Waals surface area contributed by atoms with Crippen molar-refractivity contribution in [2.75, 3.05) is 0 Å². The summed E-state index contributed by atoms with van der Waals surface area (Å²) in [6, 6.07) is 22.9. The van der Waals surface area contributed by atoms with E-state index in [0.29, 0.717) is 5.82 Å². The SMILES string of the molecule is Cc1ccc(-c2nc3ccnc(-c4n[nH]c(C)n4)c3cc2-c2ccccc2)cc1. The van der Waals surface area contributed by atoms with Crippen molar-refractivity contribution in [1.82, 2.24) is 25.1 Å². The molecule has 3 heterocycles. The van der Waals surface area contributed by atoms with E-state index in [1.807, 2.05) is 31.2 Å². The summed E-state index contributed by atoms with van der Waals surface area (Å²) in [4.78, 5) is 14.1. The summed E-state index contributed by atoms with van der Waals surface area (Å²) in [5.74, 6) is 1.34. The number of hydrogen-bond donors (Lipinski definition) is 1. The lowest BCUT2D eigenvalue weighted by molar-refractivity contribution is 1.04. The van der Waals surface area contributed by atoms with Crippen molar-refractivity contribution in [3.05, 3.63) is 84.3 Å². The van der Waals surface area contributed by atoms with Crippen molar-refractivity contribution in [2.24, 2.45) is 0 Å². The van der Waals surface area contributed by atoms with Gasteiger partial charge in [0.1, 0.15) is 11.5 Å². The summed E-state index contributed by atoms with van der Waals surface area (Å²) in [5.41, 5.74) is 7.03. The summed E-state index contributed by atoms with van der Waals surface area (Å²) >= 11 is 0. The van der Waals surface area contributed by atoms with E-state index in [0.717, 1.165) is 44.8 Å². The Morgan fingerprint density at radius 2 is 1.55 bits per heavy atom. The summed E-state index contributed by atoms with van der Waals surface area (Å²) < 4.78 is 0. The van der Waals surface area contributed by atoms with Crippen LogP contribution in [0.1, 0.15) is 11.4 Å². The van der Waals surface area contributed by atoms with Gasteiger partial charge in [0.25, 0.3) is 0 Å². The Bertz CT molecular complexity index is 1300. The lowest BCUT2D eigenvalue weighted by Crippen LogP contribution is -1.95. The maximum absolute atomic E-state index is 5.04. The topological polar surface area (TPSA) is 67.3 Å². The van der Waals surface area contributed by atoms with Crippen molar-refractivity contribution < 1.29 is 0 Å². The van der Waals surface area contributed by atoms with Crippen molar-refractivity contribution in [3.63, 3.8) is 0 Å². The molecule has 5 nitrogen and oxygen atoms in total. The minimum atomic E-state index is 0.581. The third kappa shape index (κ3) is 3.17. The van der Waals surface area contributed by atoms with E-state index in [-0.39, 0.29) is 0 Å². The van der Waals surface area contributed by atoms with Gasteiger partial charge < -0.3 is 0 Å². The Kier molecular flexibility index (Phi) is 4.13. The van der Waals surface area contributed by atoms with Crippen LogP contribution in [-0.4, -0.2) is 25.1 Å². The van der Waals surface area contributed by atoms with Gasteiger partial charge in [0.05, 0.1) is 11.2 Å². The van der Waals surface area contributed by atoms with Gasteiger partial charge in [0.15, 0.2) is 5.82 Å². The van der Waals surface area contributed by atoms with Crippen LogP contribution in [0, 0.1) is 13.8 Å². The van der Waals surface area contributed by atoms with Crippen molar-refractivity contribution >= 4 is 10.9 Å². The Morgan fingerprint density at radius 1 is 0.759 bits per heavy atom. The Balaban J connectivity index is 1.81. The number of benzene rings is 2. The highest BCUT2D eigenvalue weighted by atomic mass is 15.2. The summed E-state index contributed by atoms with van der Waals surface area (Å²) in [5, 5.41) is 8.13. The highest BCUT2D eigenvalue weighted by Crippen LogP contribution is 2.35. The minimum Gasteiger partial charge on any atom is -0.263 e. The monoisotopic (exact) mass is 377 g/mol. The first-order valence-corrected chi connectivity index (χ1v) is 9.50. The molecule has 1 N–H and O–H groups in total. The molecular formula is C24H19N5. The molecule has 0 saturated carbocycles. The van der Waals surface area contributed by atoms with Gasteiger partial charge >= 0.3 is 0 Å². The average molecular weight is 377 g/mol. The van der Waals surface area contributed by atoms with Crippen LogP contribution >= 0.6 is 0 Å². The standard InChI is InChI=1S/C24H19N5/c1-15-8-10-18(11-9-15)22-19(17-6-4-3-5-7-17)14-20-21(27-22)12-13-25-23(20)24-26-16(2)28-29-24/h3-14H,1-2H3,(H,26,28,29). The zero-order valence-corrected chi connectivity index (χ0v) is 16.2. The van der Waals surface area contributed by atoms with Crippen molar-refractivity contribution in [3.8, 4) is 33.9 Å². The number of aromatic amines is 1. The molecule has 0 bridgehead atoms. The van der Waals surface area contributed by atoms with Gasteiger partial charge in [-0.2, -0.15) is 5.10 Å². The van der Waals surface area contributed by atoms with Crippen LogP contribution in [0.5, 0.6) is 0 Å². The quantitative estimate of drug-likeness (QED) is 0.459. The summed E-state index contributed by atoms with van der Waals surface area (Å²) in [6.07, 6.45) is 1.76. The smallest absolute Gasteiger partial charge is 0.200 e. The van der Waals surface area contributed by atoms with Gasteiger partial charge in [-0.1, -0.05) is 60.2 Å². The van der Waals surface area contributed by atoms with E-state index < -0.39 is 0 Å². The predicted molar refractivity (Wildman–Crippen MR) is 115 cm³/mol. The lowest BCUT2D eigenvalue weighted by atomic mass is 9.96. The number of aryl methyl sites for hydroxylation is 2. The third-order valence-electron chi connectivity index (χ3n) is 4.96. The first kappa shape index (κ1) is 17.3. The second-order valence-electron chi connectivity index (χ2n) is 7.09. The molecule has 0 unspecified atom stereocenters. The number of nitrogens with one attached hydrogen (secondary N) is 1. The zero-order chi connectivity index (χ0) is 19.8. The molecule has 3 aromatic heterocycles. The van der Waals surface area contributed by atoms with E-state index in [1.54, 1.807) is 6.20 Å². The van der Waals surface area contributed by atoms with Gasteiger partial charge in [-0.25, -0.2) is 9.97 Å². The molecule has 2 aromatic carbocycles. The molecule has 0 aliphatic heterocycles. The van der Waals surface area contributed by atoms with Crippen LogP contribution < -0.4 is 0 Å². The van der Waals surface area contributed by atoms with Crippen LogP contribution in [0.4, 0.5) is 0 Å². The Hall–Kier alpha value is -3.86. The molecule has 0 aliphatic rings. The van der Waals surface area contributed by atoms with Gasteiger partial charge in [-0.05, 0) is 31.5 Å². The molecule has 0 fully saturated rings. The number of pyridine rings is 2. The van der Waals surface area contributed by atoms with Crippen molar-refractivity contribution in [1.29, 1.82) is 0 Å². The molecule has 29 heavy (non-hydrogen) atoms. The molecule has 5 heteroatoms. The van der Waals surface area contributed by atoms with Crippen LogP contribution in [0.15, 0.2) is 72.9 Å². The van der Waals surface area contributed by atoms with E-state index >= 15 is 0 Å². The number of aromatic nitrogens is 5. The fourth-order valence-electron chi connectivity index (χ4n) is 3.49.